The number of ether oxygens (including phenoxy) is 2. The third-order valence-electron chi connectivity index (χ3n) is 7.48. The van der Waals surface area contributed by atoms with Crippen LogP contribution in [0.2, 0.25) is 0 Å². The van der Waals surface area contributed by atoms with E-state index in [0.29, 0.717) is 11.7 Å². The predicted octanol–water partition coefficient (Wildman–Crippen LogP) is 3.80. The number of fused-ring (bicyclic) bond motifs is 3. The summed E-state index contributed by atoms with van der Waals surface area (Å²) in [6, 6.07) is 8.30. The average Bonchev–Trinajstić information content (AvgIpc) is 3.12. The van der Waals surface area contributed by atoms with Crippen LogP contribution in [-0.2, 0) is 12.1 Å². The van der Waals surface area contributed by atoms with E-state index < -0.39 is 0 Å². The quantitative estimate of drug-likeness (QED) is 0.819. The summed E-state index contributed by atoms with van der Waals surface area (Å²) in [4.78, 5) is 21.3. The lowest BCUT2D eigenvalue weighted by atomic mass is 9.93. The third-order valence-corrected chi connectivity index (χ3v) is 7.48. The Hall–Kier alpha value is -2.47. The fourth-order valence-corrected chi connectivity index (χ4v) is 5.60. The van der Waals surface area contributed by atoms with Crippen molar-refractivity contribution in [2.45, 2.75) is 51.1 Å². The maximum Gasteiger partial charge on any atom is 0.255 e. The van der Waals surface area contributed by atoms with Crippen LogP contribution < -0.4 is 9.47 Å². The van der Waals surface area contributed by atoms with Crippen molar-refractivity contribution in [1.82, 2.24) is 14.8 Å². The van der Waals surface area contributed by atoms with Crippen LogP contribution in [0.15, 0.2) is 24.3 Å². The van der Waals surface area contributed by atoms with Crippen molar-refractivity contribution in [1.29, 1.82) is 0 Å². The van der Waals surface area contributed by atoms with Crippen molar-refractivity contribution in [3.63, 3.8) is 0 Å². The van der Waals surface area contributed by atoms with E-state index in [9.17, 15) is 4.79 Å². The van der Waals surface area contributed by atoms with Crippen LogP contribution in [0, 0.1) is 12.8 Å². The highest BCUT2D eigenvalue weighted by Crippen LogP contribution is 2.58. The first-order chi connectivity index (χ1) is 14.6. The molecule has 1 aromatic carbocycles. The van der Waals surface area contributed by atoms with Gasteiger partial charge >= 0.3 is 0 Å². The topological polar surface area (TPSA) is 57.8 Å². The molecule has 1 saturated carbocycles. The largest absolute Gasteiger partial charge is 0.454 e. The van der Waals surface area contributed by atoms with Crippen molar-refractivity contribution in [3.05, 3.63) is 46.8 Å². The number of piperidine rings is 1. The molecule has 1 amide bonds. The first-order valence-corrected chi connectivity index (χ1v) is 11.3. The first kappa shape index (κ1) is 18.3. The molecule has 6 heteroatoms. The summed E-state index contributed by atoms with van der Waals surface area (Å²) in [5.41, 5.74) is 4.45. The van der Waals surface area contributed by atoms with Gasteiger partial charge in [-0.1, -0.05) is 0 Å². The number of nitrogens with zero attached hydrogens (tertiary/aromatic N) is 2. The number of hydrogen-bond acceptors (Lipinski definition) is 4. The number of aromatic amines is 1. The fraction of sp³-hybridized carbons (Fsp3) is 0.542. The zero-order valence-corrected chi connectivity index (χ0v) is 17.6. The summed E-state index contributed by atoms with van der Waals surface area (Å²) in [5.74, 6) is 2.39. The Balaban J connectivity index is 1.07. The summed E-state index contributed by atoms with van der Waals surface area (Å²) in [6.07, 6.45) is 5.68. The highest BCUT2D eigenvalue weighted by molar-refractivity contribution is 6.01. The minimum absolute atomic E-state index is 0.0699. The van der Waals surface area contributed by atoms with Crippen molar-refractivity contribution >= 4 is 5.91 Å². The van der Waals surface area contributed by atoms with Crippen molar-refractivity contribution in [3.8, 4) is 11.5 Å². The number of likely N-dealkylation sites (tertiary alicyclic amines) is 1. The summed E-state index contributed by atoms with van der Waals surface area (Å²) in [6.45, 7) is 6.52. The molecule has 2 fully saturated rings. The molecule has 4 aliphatic rings. The monoisotopic (exact) mass is 407 g/mol. The lowest BCUT2D eigenvalue weighted by molar-refractivity contribution is 0.0671. The van der Waals surface area contributed by atoms with Crippen LogP contribution in [0.5, 0.6) is 11.5 Å². The molecular formula is C24H29N3O3. The SMILES string of the molecule is Cc1ccc(CN2CCC(CCN3C(=O)c4cc5c(cc4C34CC4)OCO5)CC2)[nH]1. The van der Waals surface area contributed by atoms with Crippen molar-refractivity contribution in [2.24, 2.45) is 5.92 Å². The Morgan fingerprint density at radius 3 is 2.60 bits per heavy atom. The molecule has 1 N–H and O–H groups in total. The van der Waals surface area contributed by atoms with Crippen molar-refractivity contribution in [2.75, 3.05) is 26.4 Å². The molecule has 158 valence electrons. The van der Waals surface area contributed by atoms with Gasteiger partial charge in [-0.25, -0.2) is 0 Å². The number of benzene rings is 1. The molecule has 1 aliphatic carbocycles. The number of carbonyl (C=O) groups excluding carboxylic acids is 1. The number of nitrogens with one attached hydrogen (secondary N) is 1. The second kappa shape index (κ2) is 6.77. The second-order valence-corrected chi connectivity index (χ2v) is 9.41. The number of aryl methyl sites for hydroxylation is 1. The number of aromatic nitrogens is 1. The van der Waals surface area contributed by atoms with Gasteiger partial charge < -0.3 is 19.4 Å². The minimum atomic E-state index is -0.0699. The van der Waals surface area contributed by atoms with E-state index >= 15 is 0 Å². The van der Waals surface area contributed by atoms with Gasteiger partial charge in [0.05, 0.1) is 5.54 Å². The van der Waals surface area contributed by atoms with Gasteiger partial charge in [-0.2, -0.15) is 0 Å². The van der Waals surface area contributed by atoms with E-state index in [-0.39, 0.29) is 18.2 Å². The van der Waals surface area contributed by atoms with E-state index in [1.54, 1.807) is 0 Å². The fourth-order valence-electron chi connectivity index (χ4n) is 5.60. The Kier molecular flexibility index (Phi) is 4.13. The molecule has 0 bridgehead atoms. The Morgan fingerprint density at radius 1 is 1.13 bits per heavy atom. The smallest absolute Gasteiger partial charge is 0.255 e. The van der Waals surface area contributed by atoms with Crippen LogP contribution in [0.3, 0.4) is 0 Å². The molecule has 6 nitrogen and oxygen atoms in total. The third kappa shape index (κ3) is 2.92. The van der Waals surface area contributed by atoms with E-state index in [0.717, 1.165) is 62.3 Å². The molecule has 0 unspecified atom stereocenters. The van der Waals surface area contributed by atoms with Gasteiger partial charge in [0, 0.05) is 30.0 Å². The average molecular weight is 408 g/mol. The molecule has 0 radical (unpaired) electrons. The van der Waals surface area contributed by atoms with E-state index in [1.165, 1.54) is 24.2 Å². The molecule has 1 spiro atoms. The summed E-state index contributed by atoms with van der Waals surface area (Å²) < 4.78 is 11.1. The molecule has 3 aliphatic heterocycles. The van der Waals surface area contributed by atoms with Gasteiger partial charge in [-0.15, -0.1) is 0 Å². The summed E-state index contributed by atoms with van der Waals surface area (Å²) in [5, 5.41) is 0. The zero-order valence-electron chi connectivity index (χ0n) is 17.6. The lowest BCUT2D eigenvalue weighted by Crippen LogP contribution is -2.37. The van der Waals surface area contributed by atoms with E-state index in [4.69, 9.17) is 9.47 Å². The van der Waals surface area contributed by atoms with Crippen LogP contribution >= 0.6 is 0 Å². The Morgan fingerprint density at radius 2 is 1.90 bits per heavy atom. The van der Waals surface area contributed by atoms with Gasteiger partial charge in [0.15, 0.2) is 11.5 Å². The van der Waals surface area contributed by atoms with E-state index in [1.807, 2.05) is 6.07 Å². The first-order valence-electron chi connectivity index (χ1n) is 11.3. The van der Waals surface area contributed by atoms with Crippen LogP contribution in [0.25, 0.3) is 0 Å². The van der Waals surface area contributed by atoms with E-state index in [2.05, 4.69) is 39.9 Å². The molecule has 1 saturated heterocycles. The number of hydrogen-bond donors (Lipinski definition) is 1. The minimum Gasteiger partial charge on any atom is -0.454 e. The molecule has 0 atom stereocenters. The number of H-pyrrole nitrogens is 1. The van der Waals surface area contributed by atoms with Crippen LogP contribution in [0.4, 0.5) is 0 Å². The molecule has 2 aromatic rings. The number of carbonyl (C=O) groups is 1. The summed E-state index contributed by atoms with van der Waals surface area (Å²) in [7, 11) is 0. The maximum atomic E-state index is 13.2. The van der Waals surface area contributed by atoms with Crippen LogP contribution in [-0.4, -0.2) is 47.1 Å². The highest BCUT2D eigenvalue weighted by Gasteiger charge is 2.58. The predicted molar refractivity (Wildman–Crippen MR) is 113 cm³/mol. The van der Waals surface area contributed by atoms with Gasteiger partial charge in [0.2, 0.25) is 6.79 Å². The second-order valence-electron chi connectivity index (χ2n) is 9.41. The van der Waals surface area contributed by atoms with Gasteiger partial charge in [0.1, 0.15) is 0 Å². The maximum absolute atomic E-state index is 13.2. The molecule has 4 heterocycles. The number of amides is 1. The normalized spacial score (nSPS) is 22.2. The highest BCUT2D eigenvalue weighted by atomic mass is 16.7. The number of rotatable bonds is 5. The zero-order chi connectivity index (χ0) is 20.3. The Bertz CT molecular complexity index is 986. The standard InChI is InChI=1S/C24H29N3O3/c1-16-2-3-18(25-16)14-26-9-4-17(5-10-26)6-11-27-23(28)19-12-21-22(30-15-29-21)13-20(19)24(27)7-8-24/h2-3,12-13,17,25H,4-11,14-15H2,1H3. The van der Waals surface area contributed by atoms with Crippen LogP contribution in [0.1, 0.15) is 59.4 Å². The molecule has 30 heavy (non-hydrogen) atoms. The molecule has 1 aromatic heterocycles. The lowest BCUT2D eigenvalue weighted by Gasteiger charge is -2.33. The van der Waals surface area contributed by atoms with Gasteiger partial charge in [-0.05, 0) is 87.9 Å². The van der Waals surface area contributed by atoms with Gasteiger partial charge in [-0.3, -0.25) is 9.69 Å². The molecule has 6 rings (SSSR count). The Labute approximate surface area is 177 Å². The molecular weight excluding hydrogens is 378 g/mol. The van der Waals surface area contributed by atoms with Crippen molar-refractivity contribution < 1.29 is 14.3 Å². The summed E-state index contributed by atoms with van der Waals surface area (Å²) >= 11 is 0. The van der Waals surface area contributed by atoms with Gasteiger partial charge in [0.25, 0.3) is 5.91 Å².